The molecule has 1 N–H and O–H groups in total. The van der Waals surface area contributed by atoms with E-state index < -0.39 is 0 Å². The number of ether oxygens (including phenoxy) is 2. The van der Waals surface area contributed by atoms with Crippen LogP contribution in [0.3, 0.4) is 0 Å². The third kappa shape index (κ3) is 6.18. The lowest BCUT2D eigenvalue weighted by Crippen LogP contribution is -2.32. The number of hydrogen-bond acceptors (Lipinski definition) is 4. The summed E-state index contributed by atoms with van der Waals surface area (Å²) in [5.74, 6) is 2.59. The molecule has 0 radical (unpaired) electrons. The number of carbonyl (C=O) groups is 1. The first-order valence-corrected chi connectivity index (χ1v) is 8.77. The van der Waals surface area contributed by atoms with E-state index in [1.165, 1.54) is 6.42 Å². The van der Waals surface area contributed by atoms with Crippen molar-refractivity contribution in [3.8, 4) is 11.5 Å². The lowest BCUT2D eigenvalue weighted by atomic mass is 10.1. The second kappa shape index (κ2) is 10.4. The highest BCUT2D eigenvalue weighted by Crippen LogP contribution is 2.27. The standard InChI is InChI=1S/C17H27NO3S/c1-5-6-11-22-13(2)17(19)18-10-9-14-7-8-15(20-3)16(12-14)21-4/h7-8,12-13H,5-6,9-11H2,1-4H3,(H,18,19). The van der Waals surface area contributed by atoms with Crippen LogP contribution in [0.2, 0.25) is 0 Å². The van der Waals surface area contributed by atoms with Crippen LogP contribution in [0.1, 0.15) is 32.3 Å². The van der Waals surface area contributed by atoms with Gasteiger partial charge >= 0.3 is 0 Å². The molecule has 0 spiro atoms. The molecule has 5 heteroatoms. The summed E-state index contributed by atoms with van der Waals surface area (Å²) in [5.41, 5.74) is 1.12. The van der Waals surface area contributed by atoms with Gasteiger partial charge in [0.2, 0.25) is 5.91 Å². The first-order chi connectivity index (χ1) is 10.6. The minimum absolute atomic E-state index is 0.0111. The Morgan fingerprint density at radius 2 is 2.00 bits per heavy atom. The van der Waals surface area contributed by atoms with Crippen molar-refractivity contribution in [2.75, 3.05) is 26.5 Å². The van der Waals surface area contributed by atoms with E-state index in [0.717, 1.165) is 35.7 Å². The zero-order chi connectivity index (χ0) is 16.4. The van der Waals surface area contributed by atoms with E-state index in [-0.39, 0.29) is 11.2 Å². The number of methoxy groups -OCH3 is 2. The molecule has 1 amide bonds. The monoisotopic (exact) mass is 325 g/mol. The Bertz CT molecular complexity index is 465. The molecule has 0 aliphatic heterocycles. The summed E-state index contributed by atoms with van der Waals surface area (Å²) in [6, 6.07) is 5.83. The van der Waals surface area contributed by atoms with Gasteiger partial charge in [-0.2, -0.15) is 0 Å². The number of unbranched alkanes of at least 4 members (excludes halogenated alkanes) is 1. The van der Waals surface area contributed by atoms with Gasteiger partial charge < -0.3 is 14.8 Å². The Labute approximate surface area is 138 Å². The molecule has 0 bridgehead atoms. The number of nitrogens with one attached hydrogen (secondary N) is 1. The van der Waals surface area contributed by atoms with Gasteiger partial charge in [-0.1, -0.05) is 19.4 Å². The van der Waals surface area contributed by atoms with E-state index in [0.29, 0.717) is 6.54 Å². The Balaban J connectivity index is 2.38. The van der Waals surface area contributed by atoms with Crippen molar-refractivity contribution in [2.24, 2.45) is 0 Å². The Morgan fingerprint density at radius 1 is 1.27 bits per heavy atom. The van der Waals surface area contributed by atoms with Crippen molar-refractivity contribution in [3.63, 3.8) is 0 Å². The summed E-state index contributed by atoms with van der Waals surface area (Å²) < 4.78 is 10.5. The molecule has 22 heavy (non-hydrogen) atoms. The minimum atomic E-state index is 0.0111. The van der Waals surface area contributed by atoms with Gasteiger partial charge in [0.05, 0.1) is 19.5 Å². The molecule has 124 valence electrons. The van der Waals surface area contributed by atoms with E-state index in [1.807, 2.05) is 25.1 Å². The highest BCUT2D eigenvalue weighted by molar-refractivity contribution is 8.00. The van der Waals surface area contributed by atoms with Crippen LogP contribution in [0, 0.1) is 0 Å². The molecule has 0 saturated carbocycles. The van der Waals surface area contributed by atoms with Crippen LogP contribution in [0.15, 0.2) is 18.2 Å². The van der Waals surface area contributed by atoms with Crippen LogP contribution < -0.4 is 14.8 Å². The lowest BCUT2D eigenvalue weighted by Gasteiger charge is -2.12. The summed E-state index contributed by atoms with van der Waals surface area (Å²) in [6.45, 7) is 4.76. The summed E-state index contributed by atoms with van der Waals surface area (Å²) in [6.07, 6.45) is 3.10. The molecule has 0 aliphatic rings. The molecular formula is C17H27NO3S. The third-order valence-electron chi connectivity index (χ3n) is 3.40. The van der Waals surface area contributed by atoms with E-state index in [9.17, 15) is 4.79 Å². The lowest BCUT2D eigenvalue weighted by molar-refractivity contribution is -0.120. The minimum Gasteiger partial charge on any atom is -0.493 e. The zero-order valence-electron chi connectivity index (χ0n) is 14.0. The largest absolute Gasteiger partial charge is 0.493 e. The number of thioether (sulfide) groups is 1. The Kier molecular flexibility index (Phi) is 8.82. The number of benzene rings is 1. The molecule has 1 aromatic carbocycles. The summed E-state index contributed by atoms with van der Waals surface area (Å²) >= 11 is 1.72. The van der Waals surface area contributed by atoms with Gasteiger partial charge in [0.1, 0.15) is 0 Å². The molecule has 0 heterocycles. The number of hydrogen-bond donors (Lipinski definition) is 1. The van der Waals surface area contributed by atoms with E-state index in [1.54, 1.807) is 26.0 Å². The van der Waals surface area contributed by atoms with Gasteiger partial charge in [-0.15, -0.1) is 11.8 Å². The van der Waals surface area contributed by atoms with Gasteiger partial charge in [0.15, 0.2) is 11.5 Å². The van der Waals surface area contributed by atoms with Crippen LogP contribution >= 0.6 is 11.8 Å². The van der Waals surface area contributed by atoms with Gasteiger partial charge in [0, 0.05) is 6.54 Å². The smallest absolute Gasteiger partial charge is 0.232 e. The van der Waals surface area contributed by atoms with Crippen molar-refractivity contribution in [2.45, 2.75) is 38.4 Å². The van der Waals surface area contributed by atoms with Crippen LogP contribution in [0.25, 0.3) is 0 Å². The van der Waals surface area contributed by atoms with Crippen LogP contribution in [-0.2, 0) is 11.2 Å². The molecule has 1 unspecified atom stereocenters. The van der Waals surface area contributed by atoms with Crippen molar-refractivity contribution < 1.29 is 14.3 Å². The molecule has 0 saturated heterocycles. The fourth-order valence-electron chi connectivity index (χ4n) is 1.99. The average Bonchev–Trinajstić information content (AvgIpc) is 2.54. The van der Waals surface area contributed by atoms with E-state index in [2.05, 4.69) is 12.2 Å². The fraction of sp³-hybridized carbons (Fsp3) is 0.588. The number of carbonyl (C=O) groups excluding carboxylic acids is 1. The first-order valence-electron chi connectivity index (χ1n) is 7.72. The number of amides is 1. The zero-order valence-corrected chi connectivity index (χ0v) is 14.8. The van der Waals surface area contributed by atoms with Crippen LogP contribution in [0.4, 0.5) is 0 Å². The van der Waals surface area contributed by atoms with Crippen molar-refractivity contribution in [3.05, 3.63) is 23.8 Å². The van der Waals surface area contributed by atoms with Crippen molar-refractivity contribution >= 4 is 17.7 Å². The predicted octanol–water partition coefficient (Wildman–Crippen LogP) is 3.28. The molecule has 0 fully saturated rings. The molecule has 1 atom stereocenters. The molecule has 0 aliphatic carbocycles. The summed E-state index contributed by atoms with van der Waals surface area (Å²) in [7, 11) is 3.24. The maximum absolute atomic E-state index is 12.0. The van der Waals surface area contributed by atoms with Gasteiger partial charge in [-0.05, 0) is 43.2 Å². The van der Waals surface area contributed by atoms with Crippen LogP contribution in [0.5, 0.6) is 11.5 Å². The highest BCUT2D eigenvalue weighted by Gasteiger charge is 2.12. The highest BCUT2D eigenvalue weighted by atomic mass is 32.2. The van der Waals surface area contributed by atoms with Crippen molar-refractivity contribution in [1.82, 2.24) is 5.32 Å². The average molecular weight is 325 g/mol. The fourth-order valence-corrected chi connectivity index (χ4v) is 3.03. The molecule has 0 aromatic heterocycles. The second-order valence-electron chi connectivity index (χ2n) is 5.10. The van der Waals surface area contributed by atoms with Gasteiger partial charge in [0.25, 0.3) is 0 Å². The van der Waals surface area contributed by atoms with Gasteiger partial charge in [-0.25, -0.2) is 0 Å². The normalized spacial score (nSPS) is 11.8. The Hall–Kier alpha value is -1.36. The maximum Gasteiger partial charge on any atom is 0.232 e. The second-order valence-corrected chi connectivity index (χ2v) is 6.55. The molecule has 1 rings (SSSR count). The number of rotatable bonds is 10. The first kappa shape index (κ1) is 18.7. The van der Waals surface area contributed by atoms with Crippen molar-refractivity contribution in [1.29, 1.82) is 0 Å². The topological polar surface area (TPSA) is 47.6 Å². The summed E-state index contributed by atoms with van der Waals surface area (Å²) in [4.78, 5) is 12.0. The Morgan fingerprint density at radius 3 is 2.64 bits per heavy atom. The van der Waals surface area contributed by atoms with Crippen LogP contribution in [-0.4, -0.2) is 37.7 Å². The van der Waals surface area contributed by atoms with E-state index >= 15 is 0 Å². The molecular weight excluding hydrogens is 298 g/mol. The maximum atomic E-state index is 12.0. The third-order valence-corrected chi connectivity index (χ3v) is 4.63. The SMILES string of the molecule is CCCCSC(C)C(=O)NCCc1ccc(OC)c(OC)c1. The van der Waals surface area contributed by atoms with Gasteiger partial charge in [-0.3, -0.25) is 4.79 Å². The predicted molar refractivity (Wildman–Crippen MR) is 93.1 cm³/mol. The summed E-state index contributed by atoms with van der Waals surface area (Å²) in [5, 5.41) is 3.00. The quantitative estimate of drug-likeness (QED) is 0.671. The van der Waals surface area contributed by atoms with E-state index in [4.69, 9.17) is 9.47 Å². The molecule has 1 aromatic rings. The molecule has 4 nitrogen and oxygen atoms in total.